The molecule has 0 spiro atoms. The number of likely N-dealkylation sites (tertiary alicyclic amines) is 1. The van der Waals surface area contributed by atoms with E-state index in [1.165, 1.54) is 0 Å². The van der Waals surface area contributed by atoms with Gasteiger partial charge in [-0.3, -0.25) is 9.69 Å². The van der Waals surface area contributed by atoms with Crippen molar-refractivity contribution in [2.75, 3.05) is 27.2 Å². The molecule has 1 aliphatic rings. The number of rotatable bonds is 3. The van der Waals surface area contributed by atoms with Crippen molar-refractivity contribution in [2.24, 2.45) is 5.41 Å². The third kappa shape index (κ3) is 3.27. The van der Waals surface area contributed by atoms with Gasteiger partial charge >= 0.3 is 0 Å². The van der Waals surface area contributed by atoms with Gasteiger partial charge in [-0.05, 0) is 38.9 Å². The predicted octanol–water partition coefficient (Wildman–Crippen LogP) is 1.89. The van der Waals surface area contributed by atoms with Crippen LogP contribution >= 0.6 is 0 Å². The molecule has 1 N–H and O–H groups in total. The van der Waals surface area contributed by atoms with Crippen LogP contribution in [0.5, 0.6) is 0 Å². The van der Waals surface area contributed by atoms with E-state index in [2.05, 4.69) is 22.9 Å². The average molecular weight is 288 g/mol. The van der Waals surface area contributed by atoms with Gasteiger partial charge in [0, 0.05) is 37.4 Å². The zero-order valence-electron chi connectivity index (χ0n) is 13.4. The number of carbonyl (C=O) groups is 1. The van der Waals surface area contributed by atoms with E-state index in [0.29, 0.717) is 0 Å². The first-order valence-electron chi connectivity index (χ1n) is 7.38. The van der Waals surface area contributed by atoms with Crippen molar-refractivity contribution in [3.63, 3.8) is 0 Å². The SMILES string of the molecule is Cc1[nH]c(CN2CCC(C)(C(=O)N(C)C)CC2)cc1C#N. The van der Waals surface area contributed by atoms with Gasteiger partial charge in [-0.25, -0.2) is 0 Å². The fourth-order valence-corrected chi connectivity index (χ4v) is 3.03. The van der Waals surface area contributed by atoms with Gasteiger partial charge in [-0.2, -0.15) is 5.26 Å². The summed E-state index contributed by atoms with van der Waals surface area (Å²) < 4.78 is 0. The summed E-state index contributed by atoms with van der Waals surface area (Å²) in [5, 5.41) is 8.99. The minimum absolute atomic E-state index is 0.227. The summed E-state index contributed by atoms with van der Waals surface area (Å²) in [7, 11) is 3.65. The second kappa shape index (κ2) is 5.90. The van der Waals surface area contributed by atoms with Crippen LogP contribution in [0, 0.1) is 23.7 Å². The smallest absolute Gasteiger partial charge is 0.228 e. The van der Waals surface area contributed by atoms with Gasteiger partial charge < -0.3 is 9.88 Å². The summed E-state index contributed by atoms with van der Waals surface area (Å²) in [5.74, 6) is 0.227. The van der Waals surface area contributed by atoms with E-state index in [1.54, 1.807) is 4.90 Å². The quantitative estimate of drug-likeness (QED) is 0.923. The molecule has 0 bridgehead atoms. The fourth-order valence-electron chi connectivity index (χ4n) is 3.03. The van der Waals surface area contributed by atoms with Gasteiger partial charge in [0.25, 0.3) is 0 Å². The second-order valence-corrected chi connectivity index (χ2v) is 6.48. The van der Waals surface area contributed by atoms with Crippen LogP contribution in [-0.2, 0) is 11.3 Å². The Labute approximate surface area is 126 Å². The molecule has 0 radical (unpaired) electrons. The molecule has 0 aromatic carbocycles. The molecular formula is C16H24N4O. The number of amides is 1. The van der Waals surface area contributed by atoms with Crippen LogP contribution in [0.15, 0.2) is 6.07 Å². The van der Waals surface area contributed by atoms with E-state index in [-0.39, 0.29) is 11.3 Å². The average Bonchev–Trinajstić information content (AvgIpc) is 2.80. The molecule has 0 unspecified atom stereocenters. The van der Waals surface area contributed by atoms with Crippen LogP contribution in [0.25, 0.3) is 0 Å². The molecule has 0 saturated carbocycles. The van der Waals surface area contributed by atoms with Crippen molar-refractivity contribution in [1.29, 1.82) is 5.26 Å². The maximum atomic E-state index is 12.2. The summed E-state index contributed by atoms with van der Waals surface area (Å²) in [5.41, 5.74) is 2.49. The molecule has 2 rings (SSSR count). The lowest BCUT2D eigenvalue weighted by Gasteiger charge is -2.39. The fraction of sp³-hybridized carbons (Fsp3) is 0.625. The normalized spacial score (nSPS) is 18.2. The molecule has 21 heavy (non-hydrogen) atoms. The number of nitriles is 1. The molecule has 0 atom stereocenters. The minimum Gasteiger partial charge on any atom is -0.360 e. The van der Waals surface area contributed by atoms with E-state index in [9.17, 15) is 4.79 Å². The molecule has 5 nitrogen and oxygen atoms in total. The Balaban J connectivity index is 1.95. The number of piperidine rings is 1. The van der Waals surface area contributed by atoms with Gasteiger partial charge in [-0.1, -0.05) is 6.92 Å². The standard InChI is InChI=1S/C16H24N4O/c1-12-13(10-17)9-14(18-12)11-20-7-5-16(2,6-8-20)15(21)19(3)4/h9,18H,5-8,11H2,1-4H3. The molecule has 0 aliphatic carbocycles. The topological polar surface area (TPSA) is 63.1 Å². The van der Waals surface area contributed by atoms with Crippen LogP contribution in [-0.4, -0.2) is 47.9 Å². The predicted molar refractivity (Wildman–Crippen MR) is 81.6 cm³/mol. The van der Waals surface area contributed by atoms with Crippen molar-refractivity contribution in [3.8, 4) is 6.07 Å². The summed E-state index contributed by atoms with van der Waals surface area (Å²) in [6.07, 6.45) is 1.77. The number of hydrogen-bond donors (Lipinski definition) is 1. The summed E-state index contributed by atoms with van der Waals surface area (Å²) in [6.45, 7) is 6.63. The van der Waals surface area contributed by atoms with Crippen LogP contribution in [0.1, 0.15) is 36.7 Å². The number of nitrogens with one attached hydrogen (secondary N) is 1. The van der Waals surface area contributed by atoms with Gasteiger partial charge in [-0.15, -0.1) is 0 Å². The second-order valence-electron chi connectivity index (χ2n) is 6.48. The van der Waals surface area contributed by atoms with Crippen molar-refractivity contribution >= 4 is 5.91 Å². The number of aryl methyl sites for hydroxylation is 1. The number of aromatic amines is 1. The third-order valence-corrected chi connectivity index (χ3v) is 4.47. The number of aromatic nitrogens is 1. The summed E-state index contributed by atoms with van der Waals surface area (Å²) in [6, 6.07) is 4.12. The van der Waals surface area contributed by atoms with Gasteiger partial charge in [0.1, 0.15) is 6.07 Å². The lowest BCUT2D eigenvalue weighted by molar-refractivity contribution is -0.141. The first-order valence-corrected chi connectivity index (χ1v) is 7.38. The van der Waals surface area contributed by atoms with E-state index in [4.69, 9.17) is 5.26 Å². The Kier molecular flexibility index (Phi) is 4.38. The zero-order valence-corrected chi connectivity index (χ0v) is 13.4. The maximum absolute atomic E-state index is 12.2. The molecule has 1 aromatic heterocycles. The Morgan fingerprint density at radius 1 is 1.48 bits per heavy atom. The highest BCUT2D eigenvalue weighted by Crippen LogP contribution is 2.33. The Hall–Kier alpha value is -1.80. The molecule has 1 aromatic rings. The molecule has 5 heteroatoms. The molecule has 114 valence electrons. The van der Waals surface area contributed by atoms with Crippen molar-refractivity contribution in [2.45, 2.75) is 33.2 Å². The molecular weight excluding hydrogens is 264 g/mol. The van der Waals surface area contributed by atoms with Crippen molar-refractivity contribution in [3.05, 3.63) is 23.0 Å². The Morgan fingerprint density at radius 2 is 2.10 bits per heavy atom. The first-order chi connectivity index (χ1) is 9.85. The Morgan fingerprint density at radius 3 is 2.57 bits per heavy atom. The van der Waals surface area contributed by atoms with Crippen LogP contribution in [0.4, 0.5) is 0 Å². The number of hydrogen-bond acceptors (Lipinski definition) is 3. The van der Waals surface area contributed by atoms with Gasteiger partial charge in [0.15, 0.2) is 0 Å². The van der Waals surface area contributed by atoms with Crippen LogP contribution < -0.4 is 0 Å². The maximum Gasteiger partial charge on any atom is 0.228 e. The molecule has 1 saturated heterocycles. The van der Waals surface area contributed by atoms with Crippen molar-refractivity contribution in [1.82, 2.24) is 14.8 Å². The number of H-pyrrole nitrogens is 1. The monoisotopic (exact) mass is 288 g/mol. The van der Waals surface area contributed by atoms with E-state index < -0.39 is 0 Å². The molecule has 2 heterocycles. The van der Waals surface area contributed by atoms with E-state index in [0.717, 1.165) is 49.4 Å². The van der Waals surface area contributed by atoms with Crippen molar-refractivity contribution < 1.29 is 4.79 Å². The highest BCUT2D eigenvalue weighted by atomic mass is 16.2. The van der Waals surface area contributed by atoms with E-state index in [1.807, 2.05) is 27.1 Å². The van der Waals surface area contributed by atoms with Gasteiger partial charge in [0.2, 0.25) is 5.91 Å². The highest BCUT2D eigenvalue weighted by molar-refractivity contribution is 5.82. The van der Waals surface area contributed by atoms with Gasteiger partial charge in [0.05, 0.1) is 5.56 Å². The highest BCUT2D eigenvalue weighted by Gasteiger charge is 2.37. The van der Waals surface area contributed by atoms with Crippen LogP contribution in [0.2, 0.25) is 0 Å². The molecule has 1 aliphatic heterocycles. The molecule has 1 fully saturated rings. The minimum atomic E-state index is -0.233. The lowest BCUT2D eigenvalue weighted by atomic mass is 9.79. The van der Waals surface area contributed by atoms with Crippen LogP contribution in [0.3, 0.4) is 0 Å². The lowest BCUT2D eigenvalue weighted by Crippen LogP contribution is -2.46. The first kappa shape index (κ1) is 15.6. The zero-order chi connectivity index (χ0) is 15.6. The largest absolute Gasteiger partial charge is 0.360 e. The van der Waals surface area contributed by atoms with E-state index >= 15 is 0 Å². The third-order valence-electron chi connectivity index (χ3n) is 4.47. The summed E-state index contributed by atoms with van der Waals surface area (Å²) >= 11 is 0. The summed E-state index contributed by atoms with van der Waals surface area (Å²) in [4.78, 5) is 19.5. The molecule has 1 amide bonds. The number of nitrogens with zero attached hydrogens (tertiary/aromatic N) is 3. The Bertz CT molecular complexity index is 559. The number of carbonyl (C=O) groups excluding carboxylic acids is 1.